The van der Waals surface area contributed by atoms with Crippen molar-refractivity contribution in [3.05, 3.63) is 29.6 Å². The smallest absolute Gasteiger partial charge is 0.283 e. The number of likely N-dealkylation sites (tertiary alicyclic amines) is 1. The number of amides is 1. The fourth-order valence-corrected chi connectivity index (χ4v) is 2.74. The minimum atomic E-state index is -0.346. The molecule has 1 amide bonds. The van der Waals surface area contributed by atoms with Crippen molar-refractivity contribution in [2.24, 2.45) is 5.84 Å². The van der Waals surface area contributed by atoms with Crippen LogP contribution in [-0.2, 0) is 6.54 Å². The van der Waals surface area contributed by atoms with E-state index < -0.39 is 0 Å². The van der Waals surface area contributed by atoms with Crippen LogP contribution in [0.4, 0.5) is 0 Å². The number of carbonyl (C=O) groups excluding carboxylic acids is 1. The van der Waals surface area contributed by atoms with Crippen LogP contribution >= 0.6 is 0 Å². The number of carbonyl (C=O) groups is 1. The molecule has 1 aromatic heterocycles. The van der Waals surface area contributed by atoms with E-state index in [-0.39, 0.29) is 5.91 Å². The van der Waals surface area contributed by atoms with Gasteiger partial charge in [0.2, 0.25) is 0 Å². The molecule has 0 aliphatic carbocycles. The van der Waals surface area contributed by atoms with Crippen molar-refractivity contribution in [3.63, 3.8) is 0 Å². The first-order chi connectivity index (χ1) is 9.11. The zero-order chi connectivity index (χ0) is 13.8. The van der Waals surface area contributed by atoms with E-state index in [1.807, 2.05) is 12.1 Å². The second-order valence-corrected chi connectivity index (χ2v) is 5.29. The summed E-state index contributed by atoms with van der Waals surface area (Å²) in [6.07, 6.45) is 3.75. The number of hydrogen-bond acceptors (Lipinski definition) is 4. The van der Waals surface area contributed by atoms with E-state index in [9.17, 15) is 4.79 Å². The number of hydrogen-bond donors (Lipinski definition) is 2. The molecule has 0 aromatic carbocycles. The molecule has 1 fully saturated rings. The van der Waals surface area contributed by atoms with Gasteiger partial charge < -0.3 is 0 Å². The Labute approximate surface area is 114 Å². The Morgan fingerprint density at radius 3 is 2.74 bits per heavy atom. The summed E-state index contributed by atoms with van der Waals surface area (Å²) in [6, 6.07) is 6.62. The second-order valence-electron chi connectivity index (χ2n) is 5.29. The van der Waals surface area contributed by atoms with Crippen molar-refractivity contribution in [2.45, 2.75) is 51.7 Å². The Kier molecular flexibility index (Phi) is 4.50. The first-order valence-corrected chi connectivity index (χ1v) is 6.84. The third kappa shape index (κ3) is 3.30. The number of pyridine rings is 1. The highest BCUT2D eigenvalue weighted by Gasteiger charge is 2.25. The summed E-state index contributed by atoms with van der Waals surface area (Å²) in [7, 11) is 0. The molecule has 2 heterocycles. The maximum atomic E-state index is 11.5. The normalized spacial score (nSPS) is 24.2. The highest BCUT2D eigenvalue weighted by molar-refractivity contribution is 5.91. The topological polar surface area (TPSA) is 71.2 Å². The van der Waals surface area contributed by atoms with Crippen LogP contribution in [-0.4, -0.2) is 27.9 Å². The molecule has 2 rings (SSSR count). The molecule has 5 heteroatoms. The van der Waals surface area contributed by atoms with Crippen LogP contribution in [0.15, 0.2) is 18.2 Å². The minimum absolute atomic E-state index is 0.346. The third-order valence-electron chi connectivity index (χ3n) is 3.89. The van der Waals surface area contributed by atoms with Gasteiger partial charge in [-0.3, -0.25) is 15.1 Å². The van der Waals surface area contributed by atoms with E-state index in [0.29, 0.717) is 17.8 Å². The Hall–Kier alpha value is -1.46. The predicted molar refractivity (Wildman–Crippen MR) is 74.2 cm³/mol. The van der Waals surface area contributed by atoms with Crippen LogP contribution in [0.5, 0.6) is 0 Å². The standard InChI is InChI=1S/C14H22N4O/c1-10-5-3-6-11(2)18(10)9-12-7-4-8-13(16-12)14(19)17-15/h4,7-8,10-11H,3,5-6,9,15H2,1-2H3,(H,17,19)/t10-,11+. The molecule has 2 atom stereocenters. The van der Waals surface area contributed by atoms with Crippen molar-refractivity contribution in [1.82, 2.24) is 15.3 Å². The van der Waals surface area contributed by atoms with Crippen molar-refractivity contribution in [1.29, 1.82) is 0 Å². The van der Waals surface area contributed by atoms with E-state index in [1.54, 1.807) is 6.07 Å². The lowest BCUT2D eigenvalue weighted by Gasteiger charge is -2.38. The summed E-state index contributed by atoms with van der Waals surface area (Å²) in [5.41, 5.74) is 3.41. The van der Waals surface area contributed by atoms with Crippen LogP contribution < -0.4 is 11.3 Å². The molecule has 1 saturated heterocycles. The zero-order valence-corrected chi connectivity index (χ0v) is 11.6. The molecule has 5 nitrogen and oxygen atoms in total. The number of nitrogens with zero attached hydrogens (tertiary/aromatic N) is 2. The van der Waals surface area contributed by atoms with Gasteiger partial charge in [-0.05, 0) is 38.8 Å². The lowest BCUT2D eigenvalue weighted by atomic mass is 9.97. The molecule has 104 valence electrons. The molecule has 19 heavy (non-hydrogen) atoms. The summed E-state index contributed by atoms with van der Waals surface area (Å²) < 4.78 is 0. The molecule has 0 unspecified atom stereocenters. The van der Waals surface area contributed by atoms with E-state index in [4.69, 9.17) is 5.84 Å². The van der Waals surface area contributed by atoms with E-state index in [2.05, 4.69) is 29.2 Å². The lowest BCUT2D eigenvalue weighted by molar-refractivity contribution is 0.0923. The third-order valence-corrected chi connectivity index (χ3v) is 3.89. The van der Waals surface area contributed by atoms with Crippen LogP contribution in [0, 0.1) is 0 Å². The zero-order valence-electron chi connectivity index (χ0n) is 11.6. The molecule has 1 aliphatic rings. The second kappa shape index (κ2) is 6.12. The van der Waals surface area contributed by atoms with Crippen LogP contribution in [0.2, 0.25) is 0 Å². The average Bonchev–Trinajstić information content (AvgIpc) is 2.42. The van der Waals surface area contributed by atoms with Crippen LogP contribution in [0.25, 0.3) is 0 Å². The summed E-state index contributed by atoms with van der Waals surface area (Å²) in [4.78, 5) is 18.3. The first kappa shape index (κ1) is 14.0. The maximum Gasteiger partial charge on any atom is 0.283 e. The van der Waals surface area contributed by atoms with E-state index in [0.717, 1.165) is 12.2 Å². The first-order valence-electron chi connectivity index (χ1n) is 6.84. The Balaban J connectivity index is 2.12. The fourth-order valence-electron chi connectivity index (χ4n) is 2.74. The van der Waals surface area contributed by atoms with Gasteiger partial charge >= 0.3 is 0 Å². The fraction of sp³-hybridized carbons (Fsp3) is 0.571. The molecule has 1 aromatic rings. The highest BCUT2D eigenvalue weighted by Crippen LogP contribution is 2.24. The summed E-state index contributed by atoms with van der Waals surface area (Å²) in [6.45, 7) is 5.30. The van der Waals surface area contributed by atoms with Gasteiger partial charge in [-0.15, -0.1) is 0 Å². The SMILES string of the molecule is C[C@@H]1CCC[C@H](C)N1Cc1cccc(C(=O)NN)n1. The highest BCUT2D eigenvalue weighted by atomic mass is 16.2. The van der Waals surface area contributed by atoms with Gasteiger partial charge in [-0.25, -0.2) is 10.8 Å². The molecular weight excluding hydrogens is 240 g/mol. The Bertz CT molecular complexity index is 439. The number of nitrogens with one attached hydrogen (secondary N) is 1. The summed E-state index contributed by atoms with van der Waals surface area (Å²) in [5, 5.41) is 0. The molecule has 0 saturated carbocycles. The van der Waals surface area contributed by atoms with Crippen LogP contribution in [0.1, 0.15) is 49.3 Å². The number of hydrazine groups is 1. The number of nitrogens with two attached hydrogens (primary N) is 1. The Morgan fingerprint density at radius 1 is 1.42 bits per heavy atom. The molecule has 0 radical (unpaired) electrons. The van der Waals surface area contributed by atoms with E-state index in [1.165, 1.54) is 19.3 Å². The van der Waals surface area contributed by atoms with Gasteiger partial charge in [-0.1, -0.05) is 12.5 Å². The number of aromatic nitrogens is 1. The monoisotopic (exact) mass is 262 g/mol. The number of rotatable bonds is 3. The quantitative estimate of drug-likeness (QED) is 0.491. The largest absolute Gasteiger partial charge is 0.292 e. The van der Waals surface area contributed by atoms with E-state index >= 15 is 0 Å². The molecule has 0 bridgehead atoms. The van der Waals surface area contributed by atoms with Crippen molar-refractivity contribution in [3.8, 4) is 0 Å². The van der Waals surface area contributed by atoms with Crippen LogP contribution in [0.3, 0.4) is 0 Å². The van der Waals surface area contributed by atoms with Gasteiger partial charge in [0.05, 0.1) is 5.69 Å². The molecular formula is C14H22N4O. The molecule has 1 aliphatic heterocycles. The van der Waals surface area contributed by atoms with Gasteiger partial charge in [0, 0.05) is 18.6 Å². The van der Waals surface area contributed by atoms with Crippen molar-refractivity contribution < 1.29 is 4.79 Å². The van der Waals surface area contributed by atoms with Gasteiger partial charge in [0.15, 0.2) is 0 Å². The maximum absolute atomic E-state index is 11.5. The molecule has 0 spiro atoms. The van der Waals surface area contributed by atoms with Gasteiger partial charge in [0.25, 0.3) is 5.91 Å². The predicted octanol–water partition coefficient (Wildman–Crippen LogP) is 1.45. The lowest BCUT2D eigenvalue weighted by Crippen LogP contribution is -2.43. The average molecular weight is 262 g/mol. The van der Waals surface area contributed by atoms with Gasteiger partial charge in [-0.2, -0.15) is 0 Å². The van der Waals surface area contributed by atoms with Crippen molar-refractivity contribution >= 4 is 5.91 Å². The summed E-state index contributed by atoms with van der Waals surface area (Å²) in [5.74, 6) is 4.79. The molecule has 3 N–H and O–H groups in total. The minimum Gasteiger partial charge on any atom is -0.292 e. The van der Waals surface area contributed by atoms with Crippen molar-refractivity contribution in [2.75, 3.05) is 0 Å². The number of piperidine rings is 1. The van der Waals surface area contributed by atoms with Gasteiger partial charge in [0.1, 0.15) is 5.69 Å². The number of nitrogen functional groups attached to an aromatic ring is 1. The summed E-state index contributed by atoms with van der Waals surface area (Å²) >= 11 is 0. The Morgan fingerprint density at radius 2 is 2.11 bits per heavy atom.